The zero-order valence-corrected chi connectivity index (χ0v) is 10.9. The summed E-state index contributed by atoms with van der Waals surface area (Å²) in [5.74, 6) is 0. The van der Waals surface area contributed by atoms with Crippen molar-refractivity contribution in [2.24, 2.45) is 0 Å². The largest absolute Gasteiger partial charge is 0.328 e. The fourth-order valence-corrected chi connectivity index (χ4v) is 2.04. The number of rotatable bonds is 4. The van der Waals surface area contributed by atoms with E-state index in [0.717, 1.165) is 5.56 Å². The molecule has 0 atom stereocenters. The maximum absolute atomic E-state index is 11.9. The predicted octanol–water partition coefficient (Wildman–Crippen LogP) is 1.93. The van der Waals surface area contributed by atoms with Crippen LogP contribution in [0.5, 0.6) is 0 Å². The predicted molar refractivity (Wildman–Crippen MR) is 71.3 cm³/mol. The summed E-state index contributed by atoms with van der Waals surface area (Å²) in [5.41, 5.74) is 1.36. The highest BCUT2D eigenvalue weighted by molar-refractivity contribution is 5.44. The second-order valence-electron chi connectivity index (χ2n) is 4.31. The number of nitro benzene ring substituents is 1. The molecule has 0 unspecified atom stereocenters. The molecule has 1 aromatic heterocycles. The molecule has 0 aliphatic carbocycles. The van der Waals surface area contributed by atoms with E-state index in [0.29, 0.717) is 18.7 Å². The third-order valence-electron chi connectivity index (χ3n) is 3.21. The summed E-state index contributed by atoms with van der Waals surface area (Å²) < 4.78 is 3.14. The Morgan fingerprint density at radius 2 is 1.95 bits per heavy atom. The van der Waals surface area contributed by atoms with Crippen LogP contribution in [0.4, 0.5) is 5.69 Å². The van der Waals surface area contributed by atoms with E-state index in [2.05, 4.69) is 0 Å². The molecular weight excluding hydrogens is 246 g/mol. The molecule has 1 heterocycles. The molecule has 100 valence electrons. The van der Waals surface area contributed by atoms with Crippen LogP contribution in [0, 0.1) is 17.0 Å². The van der Waals surface area contributed by atoms with Crippen molar-refractivity contribution in [2.75, 3.05) is 0 Å². The van der Waals surface area contributed by atoms with Gasteiger partial charge in [-0.1, -0.05) is 12.1 Å². The summed E-state index contributed by atoms with van der Waals surface area (Å²) in [4.78, 5) is 22.4. The standard InChI is InChI=1S/C13H15N3O3/c1-3-14-7-8-15(13(14)17)9-11-5-4-6-12(10(11)2)16(18)19/h4-8H,3,9H2,1-2H3. The third-order valence-corrected chi connectivity index (χ3v) is 3.21. The van der Waals surface area contributed by atoms with Crippen LogP contribution in [0.25, 0.3) is 0 Å². The van der Waals surface area contributed by atoms with Crippen LogP contribution in [-0.4, -0.2) is 14.1 Å². The van der Waals surface area contributed by atoms with Crippen LogP contribution >= 0.6 is 0 Å². The van der Waals surface area contributed by atoms with Crippen molar-refractivity contribution in [2.45, 2.75) is 26.9 Å². The summed E-state index contributed by atoms with van der Waals surface area (Å²) >= 11 is 0. The van der Waals surface area contributed by atoms with Crippen LogP contribution in [0.1, 0.15) is 18.1 Å². The van der Waals surface area contributed by atoms with Crippen molar-refractivity contribution in [3.05, 3.63) is 62.3 Å². The Balaban J connectivity index is 2.38. The molecule has 19 heavy (non-hydrogen) atoms. The number of nitrogens with zero attached hydrogens (tertiary/aromatic N) is 3. The Hall–Kier alpha value is -2.37. The highest BCUT2D eigenvalue weighted by Crippen LogP contribution is 2.21. The van der Waals surface area contributed by atoms with Gasteiger partial charge in [0, 0.05) is 30.6 Å². The van der Waals surface area contributed by atoms with E-state index in [1.165, 1.54) is 6.07 Å². The van der Waals surface area contributed by atoms with Crippen molar-refractivity contribution in [3.63, 3.8) is 0 Å². The zero-order valence-electron chi connectivity index (χ0n) is 10.9. The second kappa shape index (κ2) is 5.09. The monoisotopic (exact) mass is 261 g/mol. The molecule has 0 aliphatic heterocycles. The van der Waals surface area contributed by atoms with Crippen molar-refractivity contribution in [3.8, 4) is 0 Å². The Labute approximate surface area is 110 Å². The number of imidazole rings is 1. The van der Waals surface area contributed by atoms with Crippen LogP contribution in [0.3, 0.4) is 0 Å². The Kier molecular flexibility index (Phi) is 3.50. The van der Waals surface area contributed by atoms with Gasteiger partial charge in [0.05, 0.1) is 11.5 Å². The lowest BCUT2D eigenvalue weighted by Crippen LogP contribution is -2.24. The van der Waals surface area contributed by atoms with Gasteiger partial charge in [0.2, 0.25) is 0 Å². The molecule has 0 saturated heterocycles. The normalized spacial score (nSPS) is 10.6. The summed E-state index contributed by atoms with van der Waals surface area (Å²) in [6.07, 6.45) is 3.42. The molecule has 6 nitrogen and oxygen atoms in total. The first-order chi connectivity index (χ1) is 9.04. The fraction of sp³-hybridized carbons (Fsp3) is 0.308. The van der Waals surface area contributed by atoms with Gasteiger partial charge in [0.15, 0.2) is 0 Å². The molecule has 2 aromatic rings. The van der Waals surface area contributed by atoms with Gasteiger partial charge in [-0.2, -0.15) is 0 Å². The first-order valence-corrected chi connectivity index (χ1v) is 6.03. The molecule has 0 N–H and O–H groups in total. The van der Waals surface area contributed by atoms with Crippen LogP contribution < -0.4 is 5.69 Å². The van der Waals surface area contributed by atoms with E-state index in [1.807, 2.05) is 6.92 Å². The molecule has 0 fully saturated rings. The third kappa shape index (κ3) is 2.42. The molecule has 1 aromatic carbocycles. The molecule has 0 aliphatic rings. The van der Waals surface area contributed by atoms with Gasteiger partial charge in [-0.3, -0.25) is 19.2 Å². The number of hydrogen-bond acceptors (Lipinski definition) is 3. The van der Waals surface area contributed by atoms with E-state index in [1.54, 1.807) is 40.6 Å². The maximum Gasteiger partial charge on any atom is 0.328 e. The smallest absolute Gasteiger partial charge is 0.300 e. The summed E-state index contributed by atoms with van der Waals surface area (Å²) in [5, 5.41) is 10.9. The van der Waals surface area contributed by atoms with E-state index >= 15 is 0 Å². The number of aromatic nitrogens is 2. The topological polar surface area (TPSA) is 70.1 Å². The highest BCUT2D eigenvalue weighted by atomic mass is 16.6. The number of aryl methyl sites for hydroxylation is 1. The average Bonchev–Trinajstić information content (AvgIpc) is 2.72. The van der Waals surface area contributed by atoms with E-state index in [-0.39, 0.29) is 11.4 Å². The molecular formula is C13H15N3O3. The summed E-state index contributed by atoms with van der Waals surface area (Å²) in [6, 6.07) is 4.92. The Bertz CT molecular complexity index is 670. The summed E-state index contributed by atoms with van der Waals surface area (Å²) in [6.45, 7) is 4.55. The van der Waals surface area contributed by atoms with Crippen molar-refractivity contribution in [1.29, 1.82) is 0 Å². The molecule has 0 radical (unpaired) electrons. The average molecular weight is 261 g/mol. The number of hydrogen-bond donors (Lipinski definition) is 0. The van der Waals surface area contributed by atoms with Gasteiger partial charge in [-0.15, -0.1) is 0 Å². The minimum Gasteiger partial charge on any atom is -0.300 e. The van der Waals surface area contributed by atoms with Gasteiger partial charge in [-0.05, 0) is 19.4 Å². The lowest BCUT2D eigenvalue weighted by molar-refractivity contribution is -0.385. The minimum absolute atomic E-state index is 0.0838. The lowest BCUT2D eigenvalue weighted by Gasteiger charge is -2.06. The summed E-state index contributed by atoms with van der Waals surface area (Å²) in [7, 11) is 0. The number of nitro groups is 1. The van der Waals surface area contributed by atoms with Gasteiger partial charge >= 0.3 is 5.69 Å². The Morgan fingerprint density at radius 3 is 2.53 bits per heavy atom. The van der Waals surface area contributed by atoms with Crippen LogP contribution in [-0.2, 0) is 13.1 Å². The van der Waals surface area contributed by atoms with Crippen molar-refractivity contribution >= 4 is 5.69 Å². The minimum atomic E-state index is -0.404. The lowest BCUT2D eigenvalue weighted by atomic mass is 10.1. The highest BCUT2D eigenvalue weighted by Gasteiger charge is 2.14. The second-order valence-corrected chi connectivity index (χ2v) is 4.31. The molecule has 6 heteroatoms. The first kappa shape index (κ1) is 13.1. The van der Waals surface area contributed by atoms with E-state index in [9.17, 15) is 14.9 Å². The molecule has 0 spiro atoms. The van der Waals surface area contributed by atoms with Crippen LogP contribution in [0.2, 0.25) is 0 Å². The van der Waals surface area contributed by atoms with Gasteiger partial charge in [0.25, 0.3) is 5.69 Å². The van der Waals surface area contributed by atoms with Crippen molar-refractivity contribution in [1.82, 2.24) is 9.13 Å². The van der Waals surface area contributed by atoms with Crippen molar-refractivity contribution < 1.29 is 4.92 Å². The van der Waals surface area contributed by atoms with Gasteiger partial charge in [-0.25, -0.2) is 4.79 Å². The van der Waals surface area contributed by atoms with E-state index < -0.39 is 4.92 Å². The van der Waals surface area contributed by atoms with Crippen LogP contribution in [0.15, 0.2) is 35.4 Å². The molecule has 0 amide bonds. The molecule has 0 saturated carbocycles. The SMILES string of the molecule is CCn1ccn(Cc2cccc([N+](=O)[O-])c2C)c1=O. The van der Waals surface area contributed by atoms with Gasteiger partial charge < -0.3 is 0 Å². The van der Waals surface area contributed by atoms with E-state index in [4.69, 9.17) is 0 Å². The maximum atomic E-state index is 11.9. The Morgan fingerprint density at radius 1 is 1.26 bits per heavy atom. The fourth-order valence-electron chi connectivity index (χ4n) is 2.04. The first-order valence-electron chi connectivity index (χ1n) is 6.03. The molecule has 0 bridgehead atoms. The number of benzene rings is 1. The van der Waals surface area contributed by atoms with Gasteiger partial charge in [0.1, 0.15) is 0 Å². The zero-order chi connectivity index (χ0) is 14.0. The molecule has 2 rings (SSSR count). The quantitative estimate of drug-likeness (QED) is 0.623.